The minimum absolute atomic E-state index is 0.102. The van der Waals surface area contributed by atoms with Crippen LogP contribution in [0.1, 0.15) is 22.8 Å². The average molecular weight is 505 g/mol. The highest BCUT2D eigenvalue weighted by atomic mass is 35.5. The quantitative estimate of drug-likeness (QED) is 0.419. The van der Waals surface area contributed by atoms with Gasteiger partial charge in [-0.3, -0.25) is 9.69 Å². The molecule has 1 fully saturated rings. The summed E-state index contributed by atoms with van der Waals surface area (Å²) < 4.78 is 15.4. The number of amides is 1. The second-order valence-electron chi connectivity index (χ2n) is 6.85. The maximum atomic E-state index is 12.8. The minimum Gasteiger partial charge on any atom is -0.493 e. The van der Waals surface area contributed by atoms with Crippen LogP contribution in [-0.2, 0) is 14.3 Å². The van der Waals surface area contributed by atoms with Gasteiger partial charge in [-0.25, -0.2) is 14.6 Å². The first-order valence-corrected chi connectivity index (χ1v) is 11.2. The molecule has 0 unspecified atom stereocenters. The predicted molar refractivity (Wildman–Crippen MR) is 129 cm³/mol. The molecule has 0 aromatic heterocycles. The van der Waals surface area contributed by atoms with E-state index in [2.05, 4.69) is 4.99 Å². The maximum absolute atomic E-state index is 12.8. The Kier molecular flexibility index (Phi) is 8.19. The van der Waals surface area contributed by atoms with E-state index in [4.69, 9.17) is 30.9 Å². The number of carbonyl (C=O) groups is 3. The van der Waals surface area contributed by atoms with Crippen molar-refractivity contribution in [1.29, 1.82) is 0 Å². The average Bonchev–Trinajstić information content (AvgIpc) is 3.06. The van der Waals surface area contributed by atoms with Gasteiger partial charge in [-0.05, 0) is 66.7 Å². The van der Waals surface area contributed by atoms with Crippen LogP contribution in [-0.4, -0.2) is 60.4 Å². The lowest BCUT2D eigenvalue weighted by Crippen LogP contribution is -2.23. The molecule has 2 aromatic carbocycles. The van der Waals surface area contributed by atoms with Crippen LogP contribution in [0.25, 0.3) is 6.08 Å². The van der Waals surface area contributed by atoms with E-state index in [9.17, 15) is 14.4 Å². The van der Waals surface area contributed by atoms with Gasteiger partial charge in [0.25, 0.3) is 5.91 Å². The number of aliphatic imine (C=N–C) groups is 1. The number of amidine groups is 1. The number of halogens is 1. The fourth-order valence-corrected chi connectivity index (χ4v) is 4.16. The second kappa shape index (κ2) is 11.1. The lowest BCUT2D eigenvalue weighted by atomic mass is 10.2. The van der Waals surface area contributed by atoms with Crippen LogP contribution in [0.2, 0.25) is 5.02 Å². The third kappa shape index (κ3) is 5.89. The number of thioether (sulfide) groups is 1. The Morgan fingerprint density at radius 1 is 1.24 bits per heavy atom. The van der Waals surface area contributed by atoms with Crippen LogP contribution in [0.3, 0.4) is 0 Å². The second-order valence-corrected chi connectivity index (χ2v) is 8.27. The highest BCUT2D eigenvalue weighted by molar-refractivity contribution is 8.18. The fourth-order valence-electron chi connectivity index (χ4n) is 2.90. The van der Waals surface area contributed by atoms with E-state index in [0.717, 1.165) is 0 Å². The standard InChI is InChI=1S/C23H21ClN2O7S/c1-4-32-22(30)14-5-7-15(8-6-14)25-23-26(2)21(29)18(34-23)11-13-9-16(24)20(17(10-13)31-3)33-12-19(27)28/h5-11H,4,12H2,1-3H3,(H,27,28)/b18-11-,25-23?. The van der Waals surface area contributed by atoms with E-state index in [1.165, 1.54) is 23.8 Å². The van der Waals surface area contributed by atoms with Crippen molar-refractivity contribution in [3.63, 3.8) is 0 Å². The first kappa shape index (κ1) is 25.1. The topological polar surface area (TPSA) is 115 Å². The van der Waals surface area contributed by atoms with Crippen molar-refractivity contribution in [1.82, 2.24) is 4.90 Å². The Labute approximate surface area is 205 Å². The number of likely N-dealkylation sites (N-methyl/N-ethyl adjacent to an activating group) is 1. The van der Waals surface area contributed by atoms with Gasteiger partial charge in [0.05, 0.1) is 34.9 Å². The van der Waals surface area contributed by atoms with Crippen LogP contribution in [0.4, 0.5) is 5.69 Å². The van der Waals surface area contributed by atoms with Gasteiger partial charge in [-0.1, -0.05) is 11.6 Å². The summed E-state index contributed by atoms with van der Waals surface area (Å²) in [5.74, 6) is -1.48. The molecule has 0 saturated carbocycles. The molecule has 1 heterocycles. The SMILES string of the molecule is CCOC(=O)c1ccc(N=C2S/C(=C\c3cc(Cl)c(OCC(=O)O)c(OC)c3)C(=O)N2C)cc1. The molecular formula is C23H21ClN2O7S. The molecule has 34 heavy (non-hydrogen) atoms. The zero-order valence-electron chi connectivity index (χ0n) is 18.5. The van der Waals surface area contributed by atoms with Gasteiger partial charge >= 0.3 is 11.9 Å². The van der Waals surface area contributed by atoms with Gasteiger partial charge in [-0.15, -0.1) is 0 Å². The number of rotatable bonds is 8. The van der Waals surface area contributed by atoms with Crippen molar-refractivity contribution in [2.75, 3.05) is 27.4 Å². The number of benzene rings is 2. The van der Waals surface area contributed by atoms with Crippen molar-refractivity contribution >= 4 is 58.1 Å². The molecule has 1 aliphatic heterocycles. The van der Waals surface area contributed by atoms with Gasteiger partial charge in [0.15, 0.2) is 23.3 Å². The summed E-state index contributed by atoms with van der Waals surface area (Å²) in [6, 6.07) is 9.69. The van der Waals surface area contributed by atoms with Crippen molar-refractivity contribution in [3.05, 3.63) is 57.5 Å². The minimum atomic E-state index is -1.15. The number of nitrogens with zero attached hydrogens (tertiary/aromatic N) is 2. The molecule has 0 bridgehead atoms. The highest BCUT2D eigenvalue weighted by Crippen LogP contribution is 2.39. The van der Waals surface area contributed by atoms with Gasteiger partial charge in [0, 0.05) is 7.05 Å². The van der Waals surface area contributed by atoms with Gasteiger partial charge in [0.2, 0.25) is 0 Å². The molecule has 0 spiro atoms. The van der Waals surface area contributed by atoms with Crippen LogP contribution in [0.15, 0.2) is 46.3 Å². The Hall–Kier alpha value is -3.50. The summed E-state index contributed by atoms with van der Waals surface area (Å²) in [6.45, 7) is 1.45. The molecule has 1 aliphatic rings. The molecule has 0 aliphatic carbocycles. The molecule has 3 rings (SSSR count). The molecule has 1 saturated heterocycles. The summed E-state index contributed by atoms with van der Waals surface area (Å²) in [6.07, 6.45) is 1.63. The summed E-state index contributed by atoms with van der Waals surface area (Å²) in [4.78, 5) is 41.7. The predicted octanol–water partition coefficient (Wildman–Crippen LogP) is 4.22. The van der Waals surface area contributed by atoms with Crippen LogP contribution >= 0.6 is 23.4 Å². The third-order valence-corrected chi connectivity index (χ3v) is 5.84. The Morgan fingerprint density at radius 2 is 1.94 bits per heavy atom. The summed E-state index contributed by atoms with van der Waals surface area (Å²) in [5, 5.41) is 9.43. The van der Waals surface area contributed by atoms with Crippen molar-refractivity contribution < 1.29 is 33.7 Å². The smallest absolute Gasteiger partial charge is 0.341 e. The van der Waals surface area contributed by atoms with E-state index in [0.29, 0.717) is 26.9 Å². The Morgan fingerprint density at radius 3 is 2.56 bits per heavy atom. The lowest BCUT2D eigenvalue weighted by molar-refractivity contribution is -0.139. The number of hydrogen-bond donors (Lipinski definition) is 1. The molecule has 1 amide bonds. The van der Waals surface area contributed by atoms with Gasteiger partial charge in [-0.2, -0.15) is 0 Å². The molecule has 0 radical (unpaired) electrons. The first-order chi connectivity index (χ1) is 16.2. The molecule has 1 N–H and O–H groups in total. The van der Waals surface area contributed by atoms with E-state index < -0.39 is 18.5 Å². The third-order valence-electron chi connectivity index (χ3n) is 4.50. The summed E-state index contributed by atoms with van der Waals surface area (Å²) in [5.41, 5.74) is 1.55. The van der Waals surface area contributed by atoms with Crippen molar-refractivity contribution in [3.8, 4) is 11.5 Å². The molecule has 9 nitrogen and oxygen atoms in total. The van der Waals surface area contributed by atoms with E-state index in [-0.39, 0.29) is 29.0 Å². The number of carboxylic acid groups (broad SMARTS) is 1. The number of methoxy groups -OCH3 is 1. The van der Waals surface area contributed by atoms with E-state index >= 15 is 0 Å². The van der Waals surface area contributed by atoms with Crippen LogP contribution < -0.4 is 9.47 Å². The normalized spacial score (nSPS) is 15.6. The molecule has 11 heteroatoms. The van der Waals surface area contributed by atoms with Gasteiger partial charge in [0.1, 0.15) is 0 Å². The Bertz CT molecular complexity index is 1180. The number of esters is 1. The summed E-state index contributed by atoms with van der Waals surface area (Å²) >= 11 is 7.43. The zero-order valence-corrected chi connectivity index (χ0v) is 20.1. The maximum Gasteiger partial charge on any atom is 0.341 e. The molecular weight excluding hydrogens is 484 g/mol. The molecule has 2 aromatic rings. The number of carbonyl (C=O) groups excluding carboxylic acids is 2. The Balaban J connectivity index is 1.83. The van der Waals surface area contributed by atoms with Gasteiger partial charge < -0.3 is 19.3 Å². The molecule has 0 atom stereocenters. The van der Waals surface area contributed by atoms with E-state index in [1.54, 1.807) is 56.4 Å². The zero-order chi connectivity index (χ0) is 24.8. The van der Waals surface area contributed by atoms with Crippen LogP contribution in [0.5, 0.6) is 11.5 Å². The van der Waals surface area contributed by atoms with Crippen molar-refractivity contribution in [2.24, 2.45) is 4.99 Å². The molecule has 178 valence electrons. The van der Waals surface area contributed by atoms with Crippen LogP contribution in [0, 0.1) is 0 Å². The first-order valence-electron chi connectivity index (χ1n) is 9.99. The number of hydrogen-bond acceptors (Lipinski definition) is 8. The fraction of sp³-hybridized carbons (Fsp3) is 0.217. The number of aliphatic carboxylic acids is 1. The summed E-state index contributed by atoms with van der Waals surface area (Å²) in [7, 11) is 3.01. The lowest BCUT2D eigenvalue weighted by Gasteiger charge is -2.12. The van der Waals surface area contributed by atoms with E-state index in [1.807, 2.05) is 0 Å². The largest absolute Gasteiger partial charge is 0.493 e. The number of carboxylic acids is 1. The highest BCUT2D eigenvalue weighted by Gasteiger charge is 2.30. The van der Waals surface area contributed by atoms with Crippen molar-refractivity contribution in [2.45, 2.75) is 6.92 Å². The monoisotopic (exact) mass is 504 g/mol. The number of ether oxygens (including phenoxy) is 3.